The molecule has 188 valence electrons. The fourth-order valence-electron chi connectivity index (χ4n) is 4.49. The summed E-state index contributed by atoms with van der Waals surface area (Å²) in [5.74, 6) is 1.04. The van der Waals surface area contributed by atoms with Crippen LogP contribution in [0.25, 0.3) is 22.6 Å². The molecule has 0 bridgehead atoms. The quantitative estimate of drug-likeness (QED) is 0.382. The van der Waals surface area contributed by atoms with Crippen LogP contribution >= 0.6 is 23.2 Å². The second-order valence-electron chi connectivity index (χ2n) is 8.40. The van der Waals surface area contributed by atoms with E-state index in [2.05, 4.69) is 9.97 Å². The first kappa shape index (κ1) is 24.9. The Morgan fingerprint density at radius 3 is 2.53 bits per heavy atom. The summed E-state index contributed by atoms with van der Waals surface area (Å²) < 4.78 is 35.2. The number of sulfonamides is 1. The second-order valence-corrected chi connectivity index (χ2v) is 11.1. The third-order valence-corrected chi connectivity index (χ3v) is 8.81. The molecule has 12 heteroatoms. The molecule has 0 unspecified atom stereocenters. The number of nitrogens with zero attached hydrogens (tertiary/aromatic N) is 5. The molecular weight excluding hydrogens is 525 g/mol. The van der Waals surface area contributed by atoms with E-state index in [9.17, 15) is 13.5 Å². The number of aromatic nitrogens is 4. The molecule has 1 aliphatic rings. The molecule has 1 aromatic carbocycles. The molecule has 1 aliphatic heterocycles. The number of hydrogen-bond donors (Lipinski definition) is 1. The third kappa shape index (κ3) is 4.44. The minimum absolute atomic E-state index is 0.0819. The number of pyridine rings is 2. The predicted octanol–water partition coefficient (Wildman–Crippen LogP) is 4.33. The Morgan fingerprint density at radius 2 is 1.86 bits per heavy atom. The molecule has 0 radical (unpaired) electrons. The van der Waals surface area contributed by atoms with Crippen molar-refractivity contribution in [3.05, 3.63) is 64.5 Å². The number of imidazole rings is 1. The maximum Gasteiger partial charge on any atom is 0.243 e. The van der Waals surface area contributed by atoms with Gasteiger partial charge in [-0.1, -0.05) is 23.2 Å². The maximum atomic E-state index is 13.3. The molecule has 1 saturated heterocycles. The number of benzene rings is 1. The Bertz CT molecular complexity index is 1540. The molecule has 0 amide bonds. The highest BCUT2D eigenvalue weighted by Gasteiger charge is 2.32. The lowest BCUT2D eigenvalue weighted by atomic mass is 10.1. The van der Waals surface area contributed by atoms with Crippen molar-refractivity contribution in [1.82, 2.24) is 23.8 Å². The van der Waals surface area contributed by atoms with Gasteiger partial charge in [0.15, 0.2) is 5.65 Å². The van der Waals surface area contributed by atoms with Crippen molar-refractivity contribution in [3.63, 3.8) is 0 Å². The standard InChI is InChI=1S/C24H23Cl2N5O4S/c1-35-22-5-3-17(12-19(22)25)36(33,34)30-10-7-16(8-11-30)31-23(18-6-9-27-13-20(18)26)29-21-4-2-15(14-32)28-24(21)31/h2-6,9,12-13,16,32H,7-8,10-11,14H2,1H3. The Labute approximate surface area is 218 Å². The van der Waals surface area contributed by atoms with E-state index in [1.54, 1.807) is 30.6 Å². The second kappa shape index (κ2) is 9.95. The van der Waals surface area contributed by atoms with Crippen LogP contribution in [0.2, 0.25) is 10.0 Å². The van der Waals surface area contributed by atoms with Crippen LogP contribution in [0.4, 0.5) is 0 Å². The van der Waals surface area contributed by atoms with Crippen LogP contribution in [0.3, 0.4) is 0 Å². The highest BCUT2D eigenvalue weighted by atomic mass is 35.5. The van der Waals surface area contributed by atoms with Crippen molar-refractivity contribution < 1.29 is 18.3 Å². The van der Waals surface area contributed by atoms with Crippen molar-refractivity contribution in [2.24, 2.45) is 0 Å². The van der Waals surface area contributed by atoms with Gasteiger partial charge in [-0.3, -0.25) is 4.98 Å². The minimum Gasteiger partial charge on any atom is -0.495 e. The summed E-state index contributed by atoms with van der Waals surface area (Å²) >= 11 is 12.6. The van der Waals surface area contributed by atoms with Crippen LogP contribution in [0.15, 0.2) is 53.7 Å². The van der Waals surface area contributed by atoms with Gasteiger partial charge in [0.2, 0.25) is 10.0 Å². The number of piperidine rings is 1. The lowest BCUT2D eigenvalue weighted by Gasteiger charge is -2.32. The Hall–Kier alpha value is -2.76. The molecule has 4 aromatic rings. The van der Waals surface area contributed by atoms with Crippen LogP contribution in [0, 0.1) is 0 Å². The Kier molecular flexibility index (Phi) is 6.88. The summed E-state index contributed by atoms with van der Waals surface area (Å²) in [7, 11) is -2.26. The van der Waals surface area contributed by atoms with E-state index in [0.29, 0.717) is 64.9 Å². The molecule has 0 atom stereocenters. The summed E-state index contributed by atoms with van der Waals surface area (Å²) in [5, 5.41) is 10.3. The normalized spacial score (nSPS) is 15.4. The van der Waals surface area contributed by atoms with E-state index in [0.717, 1.165) is 0 Å². The highest BCUT2D eigenvalue weighted by Crippen LogP contribution is 2.37. The van der Waals surface area contributed by atoms with E-state index in [1.165, 1.54) is 23.5 Å². The molecule has 1 N–H and O–H groups in total. The summed E-state index contributed by atoms with van der Waals surface area (Å²) in [6, 6.07) is 9.72. The van der Waals surface area contributed by atoms with E-state index in [1.807, 2.05) is 10.6 Å². The summed E-state index contributed by atoms with van der Waals surface area (Å²) in [5.41, 5.74) is 2.51. The van der Waals surface area contributed by atoms with Gasteiger partial charge in [-0.15, -0.1) is 0 Å². The zero-order chi connectivity index (χ0) is 25.4. The number of aliphatic hydroxyl groups excluding tert-OH is 1. The molecule has 1 fully saturated rings. The molecule has 5 rings (SSSR count). The average molecular weight is 548 g/mol. The molecular formula is C24H23Cl2N5O4S. The lowest BCUT2D eigenvalue weighted by Crippen LogP contribution is -2.39. The summed E-state index contributed by atoms with van der Waals surface area (Å²) in [6.07, 6.45) is 4.28. The number of ether oxygens (including phenoxy) is 1. The molecule has 36 heavy (non-hydrogen) atoms. The van der Waals surface area contributed by atoms with Crippen LogP contribution in [0.1, 0.15) is 24.6 Å². The van der Waals surface area contributed by atoms with Gasteiger partial charge in [0, 0.05) is 37.1 Å². The van der Waals surface area contributed by atoms with Crippen LogP contribution in [-0.4, -0.2) is 57.5 Å². The average Bonchev–Trinajstić information content (AvgIpc) is 3.27. The first-order chi connectivity index (χ1) is 17.3. The van der Waals surface area contributed by atoms with Crippen molar-refractivity contribution in [2.75, 3.05) is 20.2 Å². The van der Waals surface area contributed by atoms with Crippen molar-refractivity contribution >= 4 is 44.4 Å². The minimum atomic E-state index is -3.73. The molecule has 4 heterocycles. The SMILES string of the molecule is COc1ccc(S(=O)(=O)N2CCC(n3c(-c4ccncc4Cl)nc4ccc(CO)nc43)CC2)cc1Cl. The number of methoxy groups -OCH3 is 1. The summed E-state index contributed by atoms with van der Waals surface area (Å²) in [6.45, 7) is 0.409. The fourth-order valence-corrected chi connectivity index (χ4v) is 6.51. The van der Waals surface area contributed by atoms with Gasteiger partial charge in [-0.25, -0.2) is 18.4 Å². The molecule has 0 saturated carbocycles. The van der Waals surface area contributed by atoms with E-state index >= 15 is 0 Å². The first-order valence-electron chi connectivity index (χ1n) is 11.3. The number of hydrogen-bond acceptors (Lipinski definition) is 7. The van der Waals surface area contributed by atoms with Crippen LogP contribution in [0.5, 0.6) is 5.75 Å². The number of aliphatic hydroxyl groups is 1. The van der Waals surface area contributed by atoms with Gasteiger partial charge in [0.25, 0.3) is 0 Å². The number of fused-ring (bicyclic) bond motifs is 1. The van der Waals surface area contributed by atoms with Crippen LogP contribution < -0.4 is 4.74 Å². The largest absolute Gasteiger partial charge is 0.495 e. The maximum absolute atomic E-state index is 13.3. The van der Waals surface area contributed by atoms with Crippen molar-refractivity contribution in [1.29, 1.82) is 0 Å². The van der Waals surface area contributed by atoms with Crippen LogP contribution in [-0.2, 0) is 16.6 Å². The van der Waals surface area contributed by atoms with Crippen molar-refractivity contribution in [3.8, 4) is 17.1 Å². The molecule has 0 spiro atoms. The van der Waals surface area contributed by atoms with Crippen molar-refractivity contribution in [2.45, 2.75) is 30.4 Å². The topological polar surface area (TPSA) is 110 Å². The molecule has 3 aromatic heterocycles. The smallest absolute Gasteiger partial charge is 0.243 e. The predicted molar refractivity (Wildman–Crippen MR) is 137 cm³/mol. The molecule has 0 aliphatic carbocycles. The van der Waals surface area contributed by atoms with Gasteiger partial charge >= 0.3 is 0 Å². The van der Waals surface area contributed by atoms with E-state index < -0.39 is 10.0 Å². The highest BCUT2D eigenvalue weighted by molar-refractivity contribution is 7.89. The summed E-state index contributed by atoms with van der Waals surface area (Å²) in [4.78, 5) is 13.6. The van der Waals surface area contributed by atoms with Gasteiger partial charge in [-0.05, 0) is 49.2 Å². The van der Waals surface area contributed by atoms with E-state index in [4.69, 9.17) is 32.9 Å². The first-order valence-corrected chi connectivity index (χ1v) is 13.5. The Balaban J connectivity index is 1.48. The monoisotopic (exact) mass is 547 g/mol. The van der Waals surface area contributed by atoms with Gasteiger partial charge in [0.05, 0.1) is 34.4 Å². The number of halogens is 2. The third-order valence-electron chi connectivity index (χ3n) is 6.32. The van der Waals surface area contributed by atoms with Gasteiger partial charge < -0.3 is 14.4 Å². The lowest BCUT2D eigenvalue weighted by molar-refractivity contribution is 0.273. The molecule has 9 nitrogen and oxygen atoms in total. The number of rotatable bonds is 6. The van der Waals surface area contributed by atoms with Gasteiger partial charge in [0.1, 0.15) is 17.1 Å². The zero-order valence-electron chi connectivity index (χ0n) is 19.3. The van der Waals surface area contributed by atoms with E-state index in [-0.39, 0.29) is 22.6 Å². The van der Waals surface area contributed by atoms with Gasteiger partial charge in [-0.2, -0.15) is 4.31 Å². The fraction of sp³-hybridized carbons (Fsp3) is 0.292. The zero-order valence-corrected chi connectivity index (χ0v) is 21.6. The Morgan fingerprint density at radius 1 is 1.08 bits per heavy atom.